The molecule has 4 aromatic rings. The summed E-state index contributed by atoms with van der Waals surface area (Å²) < 4.78 is 6.32. The van der Waals surface area contributed by atoms with Crippen LogP contribution in [0.1, 0.15) is 67.9 Å². The van der Waals surface area contributed by atoms with Crippen LogP contribution in [0.2, 0.25) is 0 Å². The quantitative estimate of drug-likeness (QED) is 0.212. The van der Waals surface area contributed by atoms with Crippen molar-refractivity contribution in [2.75, 3.05) is 0 Å². The molecule has 43 heavy (non-hydrogen) atoms. The van der Waals surface area contributed by atoms with Gasteiger partial charge >= 0.3 is 7.48 Å². The lowest BCUT2D eigenvalue weighted by atomic mass is 9.65. The van der Waals surface area contributed by atoms with Crippen LogP contribution in [-0.2, 0) is 10.1 Å². The van der Waals surface area contributed by atoms with Crippen molar-refractivity contribution in [3.8, 4) is 17.2 Å². The second-order valence-corrected chi connectivity index (χ2v) is 13.8. The molecule has 5 heteroatoms. The van der Waals surface area contributed by atoms with Crippen molar-refractivity contribution in [1.29, 1.82) is 5.26 Å². The highest BCUT2D eigenvalue weighted by molar-refractivity contribution is 7.99. The fourth-order valence-electron chi connectivity index (χ4n) is 6.59. The minimum Gasteiger partial charge on any atom is -0.427 e. The summed E-state index contributed by atoms with van der Waals surface area (Å²) in [4.78, 5) is 2.39. The van der Waals surface area contributed by atoms with Gasteiger partial charge in [-0.15, -0.1) is 0 Å². The van der Waals surface area contributed by atoms with Gasteiger partial charge in [-0.1, -0.05) is 103 Å². The fourth-order valence-corrected chi connectivity index (χ4v) is 7.85. The first-order valence-corrected chi connectivity index (χ1v) is 15.6. The van der Waals surface area contributed by atoms with E-state index in [1.165, 1.54) is 48.7 Å². The van der Waals surface area contributed by atoms with E-state index in [-0.39, 0.29) is 5.92 Å². The molecule has 0 aromatic heterocycles. The van der Waals surface area contributed by atoms with Crippen LogP contribution in [0, 0.1) is 11.3 Å². The molecule has 0 saturated carbocycles. The van der Waals surface area contributed by atoms with Gasteiger partial charge in [0.1, 0.15) is 0 Å². The lowest BCUT2D eigenvalue weighted by Crippen LogP contribution is -2.49. The zero-order valence-electron chi connectivity index (χ0n) is 24.9. The number of aliphatic hydroxyl groups is 1. The Bertz CT molecular complexity index is 1880. The first-order valence-electron chi connectivity index (χ1n) is 14.8. The molecule has 7 rings (SSSR count). The molecule has 0 amide bonds. The lowest BCUT2D eigenvalue weighted by Gasteiger charge is -2.41. The average Bonchev–Trinajstić information content (AvgIpc) is 3.30. The predicted octanol–water partition coefficient (Wildman–Crippen LogP) is 7.82. The van der Waals surface area contributed by atoms with E-state index in [4.69, 9.17) is 4.65 Å². The molecule has 211 valence electrons. The van der Waals surface area contributed by atoms with E-state index in [1.807, 2.05) is 33.5 Å². The number of fused-ring (bicyclic) bond motifs is 9. The molecule has 1 spiro atoms. The summed E-state index contributed by atoms with van der Waals surface area (Å²) in [6, 6.07) is 33.4. The molecule has 0 saturated heterocycles. The maximum atomic E-state index is 10.8. The Morgan fingerprint density at radius 2 is 1.60 bits per heavy atom. The van der Waals surface area contributed by atoms with Crippen LogP contribution in [0.4, 0.5) is 0 Å². The third-order valence-electron chi connectivity index (χ3n) is 9.63. The van der Waals surface area contributed by atoms with Crippen LogP contribution < -0.4 is 5.46 Å². The predicted molar refractivity (Wildman–Crippen MR) is 175 cm³/mol. The SMILES string of the molecule is CC(C)(O)C(C)(C)O[B]c1cccc2c1Sc1ccccc1C21c2ccccc2-c2ccc(C3C=CC(C#N)=CC3)cc21. The molecule has 2 atom stereocenters. The van der Waals surface area contributed by atoms with Gasteiger partial charge in [0.05, 0.1) is 22.7 Å². The summed E-state index contributed by atoms with van der Waals surface area (Å²) in [6.45, 7) is 7.40. The van der Waals surface area contributed by atoms with Crippen molar-refractivity contribution in [2.24, 2.45) is 0 Å². The molecule has 0 fully saturated rings. The summed E-state index contributed by atoms with van der Waals surface area (Å²) in [5.41, 5.74) is 8.31. The van der Waals surface area contributed by atoms with E-state index < -0.39 is 16.6 Å². The normalized spacial score (nSPS) is 20.0. The molecule has 1 heterocycles. The molecule has 0 bridgehead atoms. The van der Waals surface area contributed by atoms with Crippen molar-refractivity contribution in [3.63, 3.8) is 0 Å². The maximum absolute atomic E-state index is 10.8. The van der Waals surface area contributed by atoms with Crippen molar-refractivity contribution < 1.29 is 9.76 Å². The Morgan fingerprint density at radius 3 is 2.35 bits per heavy atom. The highest BCUT2D eigenvalue weighted by Gasteiger charge is 2.50. The smallest absolute Gasteiger partial charge is 0.332 e. The van der Waals surface area contributed by atoms with Crippen molar-refractivity contribution in [1.82, 2.24) is 0 Å². The minimum absolute atomic E-state index is 0.216. The van der Waals surface area contributed by atoms with Gasteiger partial charge in [-0.25, -0.2) is 0 Å². The molecule has 2 unspecified atom stereocenters. The summed E-state index contributed by atoms with van der Waals surface area (Å²) in [5, 5.41) is 20.1. The Kier molecular flexibility index (Phi) is 6.59. The second kappa shape index (κ2) is 10.1. The van der Waals surface area contributed by atoms with E-state index >= 15 is 0 Å². The number of hydrogen-bond donors (Lipinski definition) is 1. The number of rotatable bonds is 5. The average molecular weight is 579 g/mol. The number of benzene rings is 4. The fraction of sp³-hybridized carbons (Fsp3) is 0.237. The molecule has 2 aliphatic carbocycles. The Hall–Kier alpha value is -3.82. The Morgan fingerprint density at radius 1 is 0.884 bits per heavy atom. The van der Waals surface area contributed by atoms with Crippen molar-refractivity contribution in [3.05, 3.63) is 137 Å². The Balaban J connectivity index is 1.45. The maximum Gasteiger partial charge on any atom is 0.332 e. The van der Waals surface area contributed by atoms with Gasteiger partial charge in [-0.2, -0.15) is 5.26 Å². The van der Waals surface area contributed by atoms with Crippen LogP contribution in [0.25, 0.3) is 11.1 Å². The topological polar surface area (TPSA) is 53.2 Å². The third-order valence-corrected chi connectivity index (χ3v) is 10.9. The highest BCUT2D eigenvalue weighted by Crippen LogP contribution is 2.62. The van der Waals surface area contributed by atoms with Gasteiger partial charge in [-0.3, -0.25) is 0 Å². The van der Waals surface area contributed by atoms with Gasteiger partial charge < -0.3 is 9.76 Å². The van der Waals surface area contributed by atoms with Gasteiger partial charge in [0.15, 0.2) is 0 Å². The zero-order valence-corrected chi connectivity index (χ0v) is 25.7. The Labute approximate surface area is 259 Å². The van der Waals surface area contributed by atoms with Crippen molar-refractivity contribution in [2.45, 2.75) is 66.4 Å². The van der Waals surface area contributed by atoms with E-state index in [1.54, 1.807) is 25.6 Å². The van der Waals surface area contributed by atoms with Crippen LogP contribution in [0.15, 0.2) is 119 Å². The number of nitriles is 1. The minimum atomic E-state index is -1.02. The molecule has 3 aliphatic rings. The summed E-state index contributed by atoms with van der Waals surface area (Å²) in [7, 11) is 1.83. The van der Waals surface area contributed by atoms with E-state index in [9.17, 15) is 10.4 Å². The van der Waals surface area contributed by atoms with Crippen LogP contribution >= 0.6 is 11.8 Å². The van der Waals surface area contributed by atoms with E-state index in [0.29, 0.717) is 0 Å². The first kappa shape index (κ1) is 28.0. The standard InChI is InChI=1S/C38H33BNO2S/c1-36(2,41)37(3,4)42-39-33-14-9-13-31-35(33)43-34-15-8-7-12-30(34)38(31)29-11-6-5-10-27(29)28-21-20-26(22-32(28)38)25-18-16-24(23-40)17-19-25/h5-18,20-22,25,41H,19H2,1-4H3. The largest absolute Gasteiger partial charge is 0.427 e. The first-order chi connectivity index (χ1) is 20.6. The number of hydrogen-bond acceptors (Lipinski definition) is 4. The number of allylic oxidation sites excluding steroid dienone is 4. The molecular formula is C38H33BNO2S. The highest BCUT2D eigenvalue weighted by atomic mass is 32.2. The van der Waals surface area contributed by atoms with E-state index in [2.05, 4.69) is 97.1 Å². The molecule has 1 aliphatic heterocycles. The van der Waals surface area contributed by atoms with Crippen LogP contribution in [0.3, 0.4) is 0 Å². The van der Waals surface area contributed by atoms with Gasteiger partial charge in [-0.05, 0) is 90.7 Å². The summed E-state index contributed by atoms with van der Waals surface area (Å²) in [6.07, 6.45) is 6.98. The van der Waals surface area contributed by atoms with Crippen molar-refractivity contribution >= 4 is 24.7 Å². The van der Waals surface area contributed by atoms with E-state index in [0.717, 1.165) is 17.5 Å². The molecule has 1 radical (unpaired) electrons. The third kappa shape index (κ3) is 4.27. The van der Waals surface area contributed by atoms with Crippen LogP contribution in [0.5, 0.6) is 0 Å². The molecular weight excluding hydrogens is 545 g/mol. The summed E-state index contributed by atoms with van der Waals surface area (Å²) in [5.74, 6) is 0.216. The zero-order chi connectivity index (χ0) is 30.0. The monoisotopic (exact) mass is 578 g/mol. The van der Waals surface area contributed by atoms with Gasteiger partial charge in [0, 0.05) is 21.3 Å². The van der Waals surface area contributed by atoms with Crippen LogP contribution in [-0.4, -0.2) is 23.8 Å². The lowest BCUT2D eigenvalue weighted by molar-refractivity contribution is -0.0893. The second-order valence-electron chi connectivity index (χ2n) is 12.7. The molecule has 1 N–H and O–H groups in total. The van der Waals surface area contributed by atoms with Gasteiger partial charge in [0.2, 0.25) is 0 Å². The summed E-state index contributed by atoms with van der Waals surface area (Å²) >= 11 is 1.79. The number of nitrogens with zero attached hydrogens (tertiary/aromatic N) is 1. The molecule has 3 nitrogen and oxygen atoms in total. The molecule has 4 aromatic carbocycles. The van der Waals surface area contributed by atoms with Gasteiger partial charge in [0.25, 0.3) is 0 Å².